The van der Waals surface area contributed by atoms with E-state index < -0.39 is 0 Å². The van der Waals surface area contributed by atoms with Gasteiger partial charge < -0.3 is 10.6 Å². The van der Waals surface area contributed by atoms with Crippen LogP contribution in [0.15, 0.2) is 28.7 Å². The Morgan fingerprint density at radius 3 is 3.00 bits per heavy atom. The van der Waals surface area contributed by atoms with Crippen molar-refractivity contribution in [3.8, 4) is 0 Å². The fourth-order valence-corrected chi connectivity index (χ4v) is 3.01. The molecule has 1 heterocycles. The monoisotopic (exact) mass is 310 g/mol. The molecule has 3 nitrogen and oxygen atoms in total. The van der Waals surface area contributed by atoms with Crippen LogP contribution in [0.1, 0.15) is 37.8 Å². The highest BCUT2D eigenvalue weighted by Crippen LogP contribution is 2.24. The average molecular weight is 311 g/mol. The standard InChI is InChI=1S/C14H19BrN2O/c1-10(12-6-2-3-7-13(12)15)17-11-5-4-8-16-14(18)9-11/h2-3,6-7,10-11,17H,4-5,8-9H2,1H3,(H,16,18)/t10-,11?/m1/s1. The summed E-state index contributed by atoms with van der Waals surface area (Å²) in [5, 5.41) is 6.47. The number of amides is 1. The maximum absolute atomic E-state index is 11.5. The summed E-state index contributed by atoms with van der Waals surface area (Å²) in [5.41, 5.74) is 1.24. The largest absolute Gasteiger partial charge is 0.356 e. The van der Waals surface area contributed by atoms with Crippen molar-refractivity contribution in [3.63, 3.8) is 0 Å². The van der Waals surface area contributed by atoms with Crippen LogP contribution >= 0.6 is 15.9 Å². The summed E-state index contributed by atoms with van der Waals surface area (Å²) in [4.78, 5) is 11.5. The molecule has 0 bridgehead atoms. The van der Waals surface area contributed by atoms with Crippen LogP contribution in [-0.2, 0) is 4.79 Å². The number of hydrogen-bond acceptors (Lipinski definition) is 2. The molecule has 1 aliphatic rings. The van der Waals surface area contributed by atoms with Crippen molar-refractivity contribution in [1.82, 2.24) is 10.6 Å². The van der Waals surface area contributed by atoms with Crippen molar-refractivity contribution in [2.24, 2.45) is 0 Å². The molecule has 98 valence electrons. The number of carbonyl (C=O) groups is 1. The van der Waals surface area contributed by atoms with Crippen LogP contribution in [0, 0.1) is 0 Å². The van der Waals surface area contributed by atoms with Gasteiger partial charge in [-0.2, -0.15) is 0 Å². The zero-order valence-electron chi connectivity index (χ0n) is 10.6. The maximum atomic E-state index is 11.5. The van der Waals surface area contributed by atoms with Gasteiger partial charge in [0.15, 0.2) is 0 Å². The summed E-state index contributed by atoms with van der Waals surface area (Å²) >= 11 is 3.57. The normalized spacial score (nSPS) is 22.1. The van der Waals surface area contributed by atoms with Crippen LogP contribution in [-0.4, -0.2) is 18.5 Å². The summed E-state index contributed by atoms with van der Waals surface area (Å²) < 4.78 is 1.11. The third-order valence-corrected chi connectivity index (χ3v) is 4.06. The van der Waals surface area contributed by atoms with Crippen molar-refractivity contribution in [1.29, 1.82) is 0 Å². The second kappa shape index (κ2) is 6.34. The predicted molar refractivity (Wildman–Crippen MR) is 76.3 cm³/mol. The van der Waals surface area contributed by atoms with Gasteiger partial charge in [0.1, 0.15) is 0 Å². The molecule has 0 radical (unpaired) electrons. The molecule has 1 fully saturated rings. The molecule has 2 N–H and O–H groups in total. The fraction of sp³-hybridized carbons (Fsp3) is 0.500. The number of halogens is 1. The van der Waals surface area contributed by atoms with Crippen molar-refractivity contribution >= 4 is 21.8 Å². The minimum atomic E-state index is 0.157. The zero-order valence-corrected chi connectivity index (χ0v) is 12.2. The number of carbonyl (C=O) groups excluding carboxylic acids is 1. The molecule has 2 atom stereocenters. The molecule has 0 spiro atoms. The minimum absolute atomic E-state index is 0.157. The van der Waals surface area contributed by atoms with Crippen LogP contribution in [0.5, 0.6) is 0 Å². The fourth-order valence-electron chi connectivity index (χ4n) is 2.39. The predicted octanol–water partition coefficient (Wildman–Crippen LogP) is 2.77. The van der Waals surface area contributed by atoms with Gasteiger partial charge in [0.05, 0.1) is 0 Å². The maximum Gasteiger partial charge on any atom is 0.221 e. The van der Waals surface area contributed by atoms with E-state index in [0.29, 0.717) is 6.42 Å². The number of hydrogen-bond donors (Lipinski definition) is 2. The van der Waals surface area contributed by atoms with Gasteiger partial charge in [-0.15, -0.1) is 0 Å². The van der Waals surface area contributed by atoms with E-state index in [1.54, 1.807) is 0 Å². The molecule has 1 aromatic rings. The molecule has 0 aromatic heterocycles. The van der Waals surface area contributed by atoms with E-state index in [2.05, 4.69) is 39.6 Å². The highest BCUT2D eigenvalue weighted by atomic mass is 79.9. The summed E-state index contributed by atoms with van der Waals surface area (Å²) in [5.74, 6) is 0.157. The average Bonchev–Trinajstić information content (AvgIpc) is 2.54. The Balaban J connectivity index is 2.00. The molecule has 2 rings (SSSR count). The summed E-state index contributed by atoms with van der Waals surface area (Å²) in [6, 6.07) is 8.73. The van der Waals surface area contributed by atoms with Gasteiger partial charge >= 0.3 is 0 Å². The van der Waals surface area contributed by atoms with Gasteiger partial charge in [-0.05, 0) is 31.4 Å². The smallest absolute Gasteiger partial charge is 0.221 e. The van der Waals surface area contributed by atoms with Gasteiger partial charge in [-0.1, -0.05) is 34.1 Å². The van der Waals surface area contributed by atoms with E-state index in [-0.39, 0.29) is 18.0 Å². The lowest BCUT2D eigenvalue weighted by molar-refractivity contribution is -0.121. The Hall–Kier alpha value is -0.870. The van der Waals surface area contributed by atoms with E-state index in [4.69, 9.17) is 0 Å². The van der Waals surface area contributed by atoms with Crippen molar-refractivity contribution in [3.05, 3.63) is 34.3 Å². The van der Waals surface area contributed by atoms with Crippen molar-refractivity contribution in [2.75, 3.05) is 6.54 Å². The van der Waals surface area contributed by atoms with E-state index >= 15 is 0 Å². The SMILES string of the molecule is C[C@@H](NC1CCCNC(=O)C1)c1ccccc1Br. The first-order chi connectivity index (χ1) is 8.66. The molecule has 18 heavy (non-hydrogen) atoms. The lowest BCUT2D eigenvalue weighted by Gasteiger charge is -2.22. The quantitative estimate of drug-likeness (QED) is 0.901. The minimum Gasteiger partial charge on any atom is -0.356 e. The zero-order chi connectivity index (χ0) is 13.0. The van der Waals surface area contributed by atoms with Gasteiger partial charge in [0, 0.05) is 29.5 Å². The van der Waals surface area contributed by atoms with Crippen LogP contribution in [0.25, 0.3) is 0 Å². The third kappa shape index (κ3) is 3.56. The molecule has 0 aliphatic carbocycles. The first kappa shape index (κ1) is 13.6. The number of nitrogens with one attached hydrogen (secondary N) is 2. The second-order valence-corrected chi connectivity index (χ2v) is 5.66. The highest BCUT2D eigenvalue weighted by Gasteiger charge is 2.20. The van der Waals surface area contributed by atoms with Crippen LogP contribution in [0.2, 0.25) is 0 Å². The third-order valence-electron chi connectivity index (χ3n) is 3.34. The molecule has 1 saturated heterocycles. The van der Waals surface area contributed by atoms with Gasteiger partial charge in [0.25, 0.3) is 0 Å². The van der Waals surface area contributed by atoms with Crippen LogP contribution in [0.4, 0.5) is 0 Å². The molecule has 0 saturated carbocycles. The molecule has 1 amide bonds. The van der Waals surface area contributed by atoms with E-state index in [1.165, 1.54) is 5.56 Å². The Morgan fingerprint density at radius 1 is 1.44 bits per heavy atom. The molecule has 4 heteroatoms. The molecule has 1 aromatic carbocycles. The summed E-state index contributed by atoms with van der Waals surface area (Å²) in [7, 11) is 0. The molecular formula is C14H19BrN2O. The molecular weight excluding hydrogens is 292 g/mol. The van der Waals surface area contributed by atoms with Crippen molar-refractivity contribution < 1.29 is 4.79 Å². The number of rotatable bonds is 3. The topological polar surface area (TPSA) is 41.1 Å². The summed E-state index contributed by atoms with van der Waals surface area (Å²) in [6.07, 6.45) is 2.68. The number of benzene rings is 1. The Morgan fingerprint density at radius 2 is 2.22 bits per heavy atom. The van der Waals surface area contributed by atoms with E-state index in [0.717, 1.165) is 23.9 Å². The Kier molecular flexibility index (Phi) is 4.78. The second-order valence-electron chi connectivity index (χ2n) is 4.80. The van der Waals surface area contributed by atoms with E-state index in [1.807, 2.05) is 18.2 Å². The molecule has 1 aliphatic heterocycles. The Bertz CT molecular complexity index is 422. The van der Waals surface area contributed by atoms with Gasteiger partial charge in [-0.25, -0.2) is 0 Å². The molecule has 1 unspecified atom stereocenters. The summed E-state index contributed by atoms with van der Waals surface area (Å²) in [6.45, 7) is 2.95. The van der Waals surface area contributed by atoms with Crippen molar-refractivity contribution in [2.45, 2.75) is 38.3 Å². The van der Waals surface area contributed by atoms with E-state index in [9.17, 15) is 4.79 Å². The lowest BCUT2D eigenvalue weighted by Crippen LogP contribution is -2.34. The lowest BCUT2D eigenvalue weighted by atomic mass is 10.0. The Labute approximate surface area is 116 Å². The van der Waals surface area contributed by atoms with Gasteiger partial charge in [0.2, 0.25) is 5.91 Å². The van der Waals surface area contributed by atoms with Crippen LogP contribution < -0.4 is 10.6 Å². The van der Waals surface area contributed by atoms with Gasteiger partial charge in [-0.3, -0.25) is 4.79 Å². The highest BCUT2D eigenvalue weighted by molar-refractivity contribution is 9.10. The first-order valence-corrected chi connectivity index (χ1v) is 7.23. The van der Waals surface area contributed by atoms with Crippen LogP contribution in [0.3, 0.4) is 0 Å². The first-order valence-electron chi connectivity index (χ1n) is 6.44.